The van der Waals surface area contributed by atoms with Crippen LogP contribution in [0.25, 0.3) is 0 Å². The van der Waals surface area contributed by atoms with E-state index in [1.807, 2.05) is 6.92 Å². The molecule has 1 heterocycles. The van der Waals surface area contributed by atoms with E-state index < -0.39 is 15.3 Å². The molecule has 3 rings (SSSR count). The highest BCUT2D eigenvalue weighted by atomic mass is 35.5. The summed E-state index contributed by atoms with van der Waals surface area (Å²) in [7, 11) is -0.693. The first kappa shape index (κ1) is 25.2. The SMILES string of the molecule is CCCN1C(=O)C(CC(=O)Nc2cccc(Cl)c2)SC1=Nc1cccc(S(=O)(=O)N(C)C)c1. The van der Waals surface area contributed by atoms with Gasteiger partial charge in [-0.15, -0.1) is 0 Å². The second-order valence-corrected chi connectivity index (χ2v) is 11.3. The maximum atomic E-state index is 13.0. The fraction of sp³-hybridized carbons (Fsp3) is 0.318. The normalized spacial score (nSPS) is 17.7. The maximum Gasteiger partial charge on any atom is 0.242 e. The van der Waals surface area contributed by atoms with Gasteiger partial charge in [-0.3, -0.25) is 14.5 Å². The largest absolute Gasteiger partial charge is 0.326 e. The van der Waals surface area contributed by atoms with E-state index in [0.717, 1.165) is 4.31 Å². The Morgan fingerprint density at radius 2 is 1.94 bits per heavy atom. The van der Waals surface area contributed by atoms with Gasteiger partial charge in [0.1, 0.15) is 5.25 Å². The Hall–Kier alpha value is -2.40. The van der Waals surface area contributed by atoms with Crippen LogP contribution in [0.3, 0.4) is 0 Å². The highest BCUT2D eigenvalue weighted by molar-refractivity contribution is 8.15. The van der Waals surface area contributed by atoms with Crippen molar-refractivity contribution < 1.29 is 18.0 Å². The van der Waals surface area contributed by atoms with Crippen LogP contribution in [0.1, 0.15) is 19.8 Å². The lowest BCUT2D eigenvalue weighted by Gasteiger charge is -2.15. The second-order valence-electron chi connectivity index (χ2n) is 7.54. The number of benzene rings is 2. The van der Waals surface area contributed by atoms with E-state index in [0.29, 0.717) is 34.5 Å². The third-order valence-corrected chi connectivity index (χ3v) is 7.99. The van der Waals surface area contributed by atoms with Crippen molar-refractivity contribution in [1.82, 2.24) is 9.21 Å². The molecule has 1 atom stereocenters. The molecule has 0 radical (unpaired) electrons. The summed E-state index contributed by atoms with van der Waals surface area (Å²) >= 11 is 7.16. The van der Waals surface area contributed by atoms with Crippen LogP contribution in [0, 0.1) is 0 Å². The van der Waals surface area contributed by atoms with Crippen molar-refractivity contribution in [3.05, 3.63) is 53.6 Å². The number of amides is 2. The van der Waals surface area contributed by atoms with Crippen LogP contribution in [0.15, 0.2) is 58.4 Å². The maximum absolute atomic E-state index is 13.0. The van der Waals surface area contributed by atoms with Crippen LogP contribution in [0.5, 0.6) is 0 Å². The zero-order chi connectivity index (χ0) is 24.2. The van der Waals surface area contributed by atoms with Gasteiger partial charge < -0.3 is 5.32 Å². The van der Waals surface area contributed by atoms with Gasteiger partial charge in [0.2, 0.25) is 21.8 Å². The highest BCUT2D eigenvalue weighted by Crippen LogP contribution is 2.32. The molecule has 33 heavy (non-hydrogen) atoms. The van der Waals surface area contributed by atoms with Gasteiger partial charge in [-0.2, -0.15) is 0 Å². The lowest BCUT2D eigenvalue weighted by Crippen LogP contribution is -2.34. The number of anilines is 1. The van der Waals surface area contributed by atoms with E-state index in [9.17, 15) is 18.0 Å². The van der Waals surface area contributed by atoms with E-state index >= 15 is 0 Å². The summed E-state index contributed by atoms with van der Waals surface area (Å²) < 4.78 is 26.0. The summed E-state index contributed by atoms with van der Waals surface area (Å²) in [4.78, 5) is 31.7. The molecule has 0 aliphatic carbocycles. The predicted octanol–water partition coefficient (Wildman–Crippen LogP) is 3.96. The molecule has 0 saturated carbocycles. The first-order valence-corrected chi connectivity index (χ1v) is 13.0. The minimum Gasteiger partial charge on any atom is -0.326 e. The average Bonchev–Trinajstić information content (AvgIpc) is 3.03. The van der Waals surface area contributed by atoms with Crippen molar-refractivity contribution in [1.29, 1.82) is 0 Å². The number of carbonyl (C=O) groups excluding carboxylic acids is 2. The van der Waals surface area contributed by atoms with E-state index in [1.54, 1.807) is 41.3 Å². The standard InChI is InChI=1S/C22H25ClN4O4S2/c1-4-11-27-21(29)19(14-20(28)24-16-8-5-7-15(23)12-16)32-22(27)25-17-9-6-10-18(13-17)33(30,31)26(2)3/h5-10,12-13,19H,4,11,14H2,1-3H3,(H,24,28). The van der Waals surface area contributed by atoms with Crippen LogP contribution < -0.4 is 5.32 Å². The van der Waals surface area contributed by atoms with Crippen LogP contribution in [0.2, 0.25) is 5.02 Å². The van der Waals surface area contributed by atoms with Crippen LogP contribution in [-0.2, 0) is 19.6 Å². The number of carbonyl (C=O) groups is 2. The number of sulfonamides is 1. The number of hydrogen-bond donors (Lipinski definition) is 1. The van der Waals surface area contributed by atoms with Crippen molar-refractivity contribution in [3.63, 3.8) is 0 Å². The topological polar surface area (TPSA) is 99.1 Å². The number of hydrogen-bond acceptors (Lipinski definition) is 6. The number of aliphatic imine (C=N–C) groups is 1. The van der Waals surface area contributed by atoms with Gasteiger partial charge in [-0.1, -0.05) is 42.4 Å². The van der Waals surface area contributed by atoms with Crippen molar-refractivity contribution in [3.8, 4) is 0 Å². The summed E-state index contributed by atoms with van der Waals surface area (Å²) in [6.45, 7) is 2.39. The Labute approximate surface area is 203 Å². The molecule has 1 N–H and O–H groups in total. The van der Waals surface area contributed by atoms with E-state index in [2.05, 4.69) is 10.3 Å². The molecule has 1 saturated heterocycles. The molecule has 1 aliphatic heterocycles. The molecule has 11 heteroatoms. The molecule has 0 aromatic heterocycles. The molecule has 1 fully saturated rings. The smallest absolute Gasteiger partial charge is 0.242 e. The van der Waals surface area contributed by atoms with Gasteiger partial charge in [-0.25, -0.2) is 17.7 Å². The second kappa shape index (κ2) is 10.7. The van der Waals surface area contributed by atoms with Crippen molar-refractivity contribution in [2.24, 2.45) is 4.99 Å². The van der Waals surface area contributed by atoms with Crippen LogP contribution in [0.4, 0.5) is 11.4 Å². The third kappa shape index (κ3) is 6.14. The van der Waals surface area contributed by atoms with Gasteiger partial charge in [0, 0.05) is 37.8 Å². The third-order valence-electron chi connectivity index (χ3n) is 4.77. The molecule has 176 valence electrons. The Bertz CT molecular complexity index is 1180. The van der Waals surface area contributed by atoms with Gasteiger partial charge in [0.05, 0.1) is 10.6 Å². The van der Waals surface area contributed by atoms with E-state index in [-0.39, 0.29) is 23.1 Å². The number of thioether (sulfide) groups is 1. The first-order chi connectivity index (χ1) is 15.6. The summed E-state index contributed by atoms with van der Waals surface area (Å²) in [6, 6.07) is 13.0. The number of rotatable bonds is 8. The van der Waals surface area contributed by atoms with Gasteiger partial charge in [0.15, 0.2) is 5.17 Å². The summed E-state index contributed by atoms with van der Waals surface area (Å²) in [5.41, 5.74) is 0.972. The fourth-order valence-corrected chi connectivity index (χ4v) is 5.45. The summed E-state index contributed by atoms with van der Waals surface area (Å²) in [5.74, 6) is -0.501. The molecular formula is C22H25ClN4O4S2. The minimum absolute atomic E-state index is 0.0235. The van der Waals surface area contributed by atoms with E-state index in [4.69, 9.17) is 11.6 Å². The average molecular weight is 509 g/mol. The summed E-state index contributed by atoms with van der Waals surface area (Å²) in [5, 5.41) is 3.08. The highest BCUT2D eigenvalue weighted by Gasteiger charge is 2.38. The lowest BCUT2D eigenvalue weighted by atomic mass is 10.2. The first-order valence-electron chi connectivity index (χ1n) is 10.3. The Balaban J connectivity index is 1.80. The molecule has 1 unspecified atom stereocenters. The van der Waals surface area contributed by atoms with Crippen molar-refractivity contribution >= 4 is 61.7 Å². The van der Waals surface area contributed by atoms with Gasteiger partial charge in [-0.05, 0) is 42.8 Å². The molecular weight excluding hydrogens is 484 g/mol. The number of halogens is 1. The van der Waals surface area contributed by atoms with Crippen LogP contribution >= 0.6 is 23.4 Å². The molecule has 2 aromatic carbocycles. The molecule has 0 spiro atoms. The number of nitrogens with one attached hydrogen (secondary N) is 1. The van der Waals surface area contributed by atoms with Crippen molar-refractivity contribution in [2.75, 3.05) is 26.0 Å². The number of amidine groups is 1. The molecule has 1 aliphatic rings. The quantitative estimate of drug-likeness (QED) is 0.581. The fourth-order valence-electron chi connectivity index (χ4n) is 3.14. The lowest BCUT2D eigenvalue weighted by molar-refractivity contribution is -0.128. The zero-order valence-electron chi connectivity index (χ0n) is 18.5. The molecule has 0 bridgehead atoms. The van der Waals surface area contributed by atoms with Gasteiger partial charge in [0.25, 0.3) is 0 Å². The molecule has 2 aromatic rings. The summed E-state index contributed by atoms with van der Waals surface area (Å²) in [6.07, 6.45) is 0.687. The molecule has 8 nitrogen and oxygen atoms in total. The molecule has 2 amide bonds. The zero-order valence-corrected chi connectivity index (χ0v) is 20.9. The predicted molar refractivity (Wildman–Crippen MR) is 132 cm³/mol. The Morgan fingerprint density at radius 1 is 1.21 bits per heavy atom. The Morgan fingerprint density at radius 3 is 2.61 bits per heavy atom. The number of nitrogens with zero attached hydrogens (tertiary/aromatic N) is 3. The van der Waals surface area contributed by atoms with E-state index in [1.165, 1.54) is 38.0 Å². The minimum atomic E-state index is -3.61. The Kier molecular flexibility index (Phi) is 8.17. The monoisotopic (exact) mass is 508 g/mol. The van der Waals surface area contributed by atoms with Crippen molar-refractivity contribution in [2.45, 2.75) is 29.9 Å². The van der Waals surface area contributed by atoms with Crippen LogP contribution in [-0.4, -0.2) is 60.5 Å². The van der Waals surface area contributed by atoms with Gasteiger partial charge >= 0.3 is 0 Å².